The first kappa shape index (κ1) is 18.9. The average Bonchev–Trinajstić information content (AvgIpc) is 3.24. The Balaban J connectivity index is 1.63. The van der Waals surface area contributed by atoms with Crippen molar-refractivity contribution < 1.29 is 22.7 Å². The van der Waals surface area contributed by atoms with Crippen LogP contribution in [0.15, 0.2) is 36.8 Å². The van der Waals surface area contributed by atoms with Crippen molar-refractivity contribution in [2.24, 2.45) is 0 Å². The lowest BCUT2D eigenvalue weighted by Crippen LogP contribution is -2.23. The molecule has 0 radical (unpaired) electrons. The van der Waals surface area contributed by atoms with Crippen LogP contribution < -0.4 is 9.64 Å². The topological polar surface area (TPSA) is 73.1 Å². The number of halogens is 3. The molecule has 29 heavy (non-hydrogen) atoms. The molecule has 1 aliphatic heterocycles. The maximum atomic E-state index is 12.8. The predicted molar refractivity (Wildman–Crippen MR) is 97.6 cm³/mol. The Hall–Kier alpha value is -3.43. The molecule has 0 saturated carbocycles. The lowest BCUT2D eigenvalue weighted by molar-refractivity contribution is -0.142. The highest BCUT2D eigenvalue weighted by Gasteiger charge is 2.34. The summed E-state index contributed by atoms with van der Waals surface area (Å²) < 4.78 is 43.5. The van der Waals surface area contributed by atoms with E-state index in [1.807, 2.05) is 6.07 Å². The van der Waals surface area contributed by atoms with Crippen LogP contribution in [0.1, 0.15) is 21.6 Å². The molecular formula is C19H16F3N5O2. The first-order valence-electron chi connectivity index (χ1n) is 8.67. The number of aromatic nitrogens is 4. The Morgan fingerprint density at radius 3 is 2.69 bits per heavy atom. The summed E-state index contributed by atoms with van der Waals surface area (Å²) >= 11 is 0. The van der Waals surface area contributed by atoms with Crippen molar-refractivity contribution in [3.63, 3.8) is 0 Å². The molecule has 0 aromatic carbocycles. The number of alkyl halides is 3. The largest absolute Gasteiger partial charge is 0.481 e. The molecule has 0 unspecified atom stereocenters. The average molecular weight is 403 g/mol. The van der Waals surface area contributed by atoms with Gasteiger partial charge in [-0.1, -0.05) is 0 Å². The fraction of sp³-hybridized carbons (Fsp3) is 0.263. The zero-order chi connectivity index (χ0) is 20.8. The number of nitrogens with zero attached hydrogens (tertiary/aromatic N) is 5. The number of pyridine rings is 2. The Kier molecular flexibility index (Phi) is 4.48. The van der Waals surface area contributed by atoms with Gasteiger partial charge in [0.25, 0.3) is 5.91 Å². The fourth-order valence-corrected chi connectivity index (χ4v) is 3.27. The zero-order valence-electron chi connectivity index (χ0n) is 15.6. The van der Waals surface area contributed by atoms with Crippen LogP contribution in [-0.4, -0.2) is 38.9 Å². The molecule has 0 saturated heterocycles. The van der Waals surface area contributed by atoms with Crippen LogP contribution in [0.2, 0.25) is 0 Å². The van der Waals surface area contributed by atoms with E-state index in [-0.39, 0.29) is 12.5 Å². The number of rotatable bonds is 4. The number of aryl methyl sites for hydroxylation is 1. The van der Waals surface area contributed by atoms with Crippen molar-refractivity contribution in [1.29, 1.82) is 0 Å². The van der Waals surface area contributed by atoms with Gasteiger partial charge < -0.3 is 4.74 Å². The monoisotopic (exact) mass is 403 g/mol. The zero-order valence-corrected chi connectivity index (χ0v) is 15.6. The SMILES string of the molecule is COc1ccc(-c2cc(C)c3c(n2)CN(c2cnn(CC(F)(F)F)c2)C3=O)cn1. The van der Waals surface area contributed by atoms with E-state index in [1.165, 1.54) is 24.4 Å². The lowest BCUT2D eigenvalue weighted by Gasteiger charge is -2.12. The minimum Gasteiger partial charge on any atom is -0.481 e. The van der Waals surface area contributed by atoms with Gasteiger partial charge in [0.1, 0.15) is 6.54 Å². The maximum Gasteiger partial charge on any atom is 0.408 e. The number of fused-ring (bicyclic) bond motifs is 1. The van der Waals surface area contributed by atoms with Crippen LogP contribution in [0.25, 0.3) is 11.3 Å². The molecule has 0 bridgehead atoms. The Morgan fingerprint density at radius 1 is 1.24 bits per heavy atom. The van der Waals surface area contributed by atoms with Crippen molar-refractivity contribution >= 4 is 11.6 Å². The molecule has 0 atom stereocenters. The molecule has 10 heteroatoms. The van der Waals surface area contributed by atoms with Gasteiger partial charge in [0.05, 0.1) is 42.5 Å². The van der Waals surface area contributed by atoms with Crippen LogP contribution in [0.5, 0.6) is 5.88 Å². The summed E-state index contributed by atoms with van der Waals surface area (Å²) in [4.78, 5) is 23.0. The second-order valence-corrected chi connectivity index (χ2v) is 6.64. The van der Waals surface area contributed by atoms with Crippen molar-refractivity contribution in [2.75, 3.05) is 12.0 Å². The molecule has 3 aromatic rings. The molecule has 0 aliphatic carbocycles. The first-order chi connectivity index (χ1) is 13.7. The summed E-state index contributed by atoms with van der Waals surface area (Å²) in [5.41, 5.74) is 3.46. The molecule has 3 aromatic heterocycles. The quantitative estimate of drug-likeness (QED) is 0.668. The van der Waals surface area contributed by atoms with Gasteiger partial charge in [-0.15, -0.1) is 0 Å². The summed E-state index contributed by atoms with van der Waals surface area (Å²) in [7, 11) is 1.52. The van der Waals surface area contributed by atoms with Gasteiger partial charge in [-0.25, -0.2) is 4.98 Å². The lowest BCUT2D eigenvalue weighted by atomic mass is 10.1. The number of anilines is 1. The van der Waals surface area contributed by atoms with Crippen LogP contribution in [-0.2, 0) is 13.1 Å². The molecule has 4 rings (SSSR count). The summed E-state index contributed by atoms with van der Waals surface area (Å²) in [6.45, 7) is 0.744. The highest BCUT2D eigenvalue weighted by molar-refractivity contribution is 6.10. The second kappa shape index (κ2) is 6.87. The minimum atomic E-state index is -4.39. The normalized spacial score (nSPS) is 13.7. The molecule has 1 aliphatic rings. The van der Waals surface area contributed by atoms with E-state index >= 15 is 0 Å². The molecule has 0 spiro atoms. The summed E-state index contributed by atoms with van der Waals surface area (Å²) in [5, 5.41) is 3.71. The van der Waals surface area contributed by atoms with E-state index in [0.29, 0.717) is 28.5 Å². The van der Waals surface area contributed by atoms with Gasteiger partial charge in [0.15, 0.2) is 0 Å². The molecule has 1 amide bonds. The highest BCUT2D eigenvalue weighted by atomic mass is 19.4. The van der Waals surface area contributed by atoms with Gasteiger partial charge in [0.2, 0.25) is 5.88 Å². The second-order valence-electron chi connectivity index (χ2n) is 6.64. The number of carbonyl (C=O) groups excluding carboxylic acids is 1. The van der Waals surface area contributed by atoms with E-state index in [4.69, 9.17) is 4.74 Å². The van der Waals surface area contributed by atoms with Crippen LogP contribution in [0, 0.1) is 6.92 Å². The van der Waals surface area contributed by atoms with Gasteiger partial charge in [-0.05, 0) is 24.6 Å². The van der Waals surface area contributed by atoms with Crippen molar-refractivity contribution in [3.8, 4) is 17.1 Å². The number of amides is 1. The minimum absolute atomic E-state index is 0.157. The van der Waals surface area contributed by atoms with Gasteiger partial charge >= 0.3 is 6.18 Å². The number of hydrogen-bond acceptors (Lipinski definition) is 5. The molecule has 150 valence electrons. The van der Waals surface area contributed by atoms with E-state index in [0.717, 1.165) is 15.8 Å². The Bertz CT molecular complexity index is 1080. The van der Waals surface area contributed by atoms with Gasteiger partial charge in [-0.3, -0.25) is 19.4 Å². The number of methoxy groups -OCH3 is 1. The predicted octanol–water partition coefficient (Wildman–Crippen LogP) is 3.38. The summed E-state index contributed by atoms with van der Waals surface area (Å²) in [6, 6.07) is 5.32. The third kappa shape index (κ3) is 3.65. The van der Waals surface area contributed by atoms with Gasteiger partial charge in [0, 0.05) is 24.0 Å². The standard InChI is InChI=1S/C19H16F3N5O2/c1-11-5-14(12-3-4-16(29-2)23-6-12)25-15-9-27(18(28)17(11)15)13-7-24-26(8-13)10-19(20,21)22/h3-8H,9-10H2,1-2H3. The number of ether oxygens (including phenoxy) is 1. The molecule has 4 heterocycles. The molecule has 0 fully saturated rings. The van der Waals surface area contributed by atoms with Crippen molar-refractivity contribution in [3.05, 3.63) is 53.6 Å². The van der Waals surface area contributed by atoms with Crippen LogP contribution in [0.3, 0.4) is 0 Å². The maximum absolute atomic E-state index is 12.8. The van der Waals surface area contributed by atoms with E-state index in [1.54, 1.807) is 25.3 Å². The third-order valence-corrected chi connectivity index (χ3v) is 4.57. The summed E-state index contributed by atoms with van der Waals surface area (Å²) in [5.74, 6) is 0.166. The van der Waals surface area contributed by atoms with Crippen LogP contribution >= 0.6 is 0 Å². The Morgan fingerprint density at radius 2 is 2.03 bits per heavy atom. The number of carbonyl (C=O) groups is 1. The van der Waals surface area contributed by atoms with Crippen LogP contribution in [0.4, 0.5) is 18.9 Å². The van der Waals surface area contributed by atoms with E-state index in [9.17, 15) is 18.0 Å². The van der Waals surface area contributed by atoms with Crippen molar-refractivity contribution in [2.45, 2.75) is 26.2 Å². The molecule has 0 N–H and O–H groups in total. The highest BCUT2D eigenvalue weighted by Crippen LogP contribution is 2.32. The summed E-state index contributed by atoms with van der Waals surface area (Å²) in [6.07, 6.45) is -0.302. The van der Waals surface area contributed by atoms with Crippen molar-refractivity contribution in [1.82, 2.24) is 19.7 Å². The van der Waals surface area contributed by atoms with E-state index in [2.05, 4.69) is 15.1 Å². The fourth-order valence-electron chi connectivity index (χ4n) is 3.27. The molecular weight excluding hydrogens is 387 g/mol. The first-order valence-corrected chi connectivity index (χ1v) is 8.67. The Labute approximate surface area is 163 Å². The van der Waals surface area contributed by atoms with Gasteiger partial charge in [-0.2, -0.15) is 18.3 Å². The van der Waals surface area contributed by atoms with E-state index < -0.39 is 12.7 Å². The number of hydrogen-bond donors (Lipinski definition) is 0. The molecule has 7 nitrogen and oxygen atoms in total. The third-order valence-electron chi connectivity index (χ3n) is 4.57. The smallest absolute Gasteiger partial charge is 0.408 e.